The summed E-state index contributed by atoms with van der Waals surface area (Å²) in [5.41, 5.74) is 3.99. The number of rotatable bonds is 7. The van der Waals surface area contributed by atoms with Crippen LogP contribution in [0.1, 0.15) is 11.3 Å². The molecule has 146 valence electrons. The number of imidazole rings is 1. The van der Waals surface area contributed by atoms with E-state index in [1.165, 1.54) is 0 Å². The maximum Gasteiger partial charge on any atom is 0.229 e. The molecule has 0 saturated carbocycles. The van der Waals surface area contributed by atoms with Gasteiger partial charge in [-0.15, -0.1) is 0 Å². The molecule has 2 aromatic heterocycles. The molecule has 0 atom stereocenters. The smallest absolute Gasteiger partial charge is 0.229 e. The van der Waals surface area contributed by atoms with Crippen molar-refractivity contribution in [2.24, 2.45) is 0 Å². The third-order valence-electron chi connectivity index (χ3n) is 4.39. The van der Waals surface area contributed by atoms with E-state index in [1.54, 1.807) is 19.6 Å². The Bertz CT molecular complexity index is 1080. The largest absolute Gasteiger partial charge is 0.497 e. The summed E-state index contributed by atoms with van der Waals surface area (Å²) in [6, 6.07) is 17.9. The molecule has 0 bridgehead atoms. The lowest BCUT2D eigenvalue weighted by atomic mass is 10.2. The second kappa shape index (κ2) is 8.43. The number of aryl methyl sites for hydroxylation is 1. The van der Waals surface area contributed by atoms with Gasteiger partial charge >= 0.3 is 0 Å². The van der Waals surface area contributed by atoms with E-state index < -0.39 is 0 Å². The average Bonchev–Trinajstić information content (AvgIpc) is 3.27. The van der Waals surface area contributed by atoms with Crippen molar-refractivity contribution in [3.8, 4) is 11.4 Å². The molecule has 0 aliphatic carbocycles. The summed E-state index contributed by atoms with van der Waals surface area (Å²) in [7, 11) is 1.65. The molecule has 2 N–H and O–H groups in total. The molecular formula is C22H22N6O. The number of benzene rings is 2. The standard InChI is InChI=1S/C22H22N6O/c1-16-12-21(27-22(25-16)26-18-4-3-5-20(13-18)29-2)24-14-17-6-8-19(9-7-17)28-11-10-23-15-28/h3-13,15H,14H2,1-2H3,(H2,24,25,26,27). The summed E-state index contributed by atoms with van der Waals surface area (Å²) in [6.45, 7) is 2.61. The fourth-order valence-electron chi connectivity index (χ4n) is 2.94. The quantitative estimate of drug-likeness (QED) is 0.492. The van der Waals surface area contributed by atoms with Gasteiger partial charge in [-0.05, 0) is 36.8 Å². The van der Waals surface area contributed by atoms with Gasteiger partial charge in [0.05, 0.1) is 13.4 Å². The van der Waals surface area contributed by atoms with Crippen LogP contribution >= 0.6 is 0 Å². The van der Waals surface area contributed by atoms with Crippen LogP contribution in [0.3, 0.4) is 0 Å². The van der Waals surface area contributed by atoms with Crippen LogP contribution in [-0.4, -0.2) is 26.6 Å². The first-order chi connectivity index (χ1) is 14.2. The van der Waals surface area contributed by atoms with Crippen molar-refractivity contribution in [2.75, 3.05) is 17.7 Å². The summed E-state index contributed by atoms with van der Waals surface area (Å²) < 4.78 is 7.24. The number of methoxy groups -OCH3 is 1. The zero-order valence-corrected chi connectivity index (χ0v) is 16.3. The van der Waals surface area contributed by atoms with Gasteiger partial charge in [0.2, 0.25) is 5.95 Å². The van der Waals surface area contributed by atoms with Gasteiger partial charge in [0, 0.05) is 48.1 Å². The van der Waals surface area contributed by atoms with Crippen LogP contribution in [0.5, 0.6) is 5.75 Å². The molecule has 0 fully saturated rings. The molecule has 0 aliphatic rings. The van der Waals surface area contributed by atoms with Gasteiger partial charge in [-0.25, -0.2) is 9.97 Å². The molecule has 0 aliphatic heterocycles. The molecule has 29 heavy (non-hydrogen) atoms. The molecule has 2 aromatic carbocycles. The summed E-state index contributed by atoms with van der Waals surface area (Å²) in [6.07, 6.45) is 5.48. The van der Waals surface area contributed by atoms with Crippen LogP contribution in [0, 0.1) is 6.92 Å². The Kier molecular flexibility index (Phi) is 5.38. The Labute approximate surface area is 169 Å². The Balaban J connectivity index is 1.43. The molecule has 0 radical (unpaired) electrons. The molecule has 0 amide bonds. The second-order valence-electron chi connectivity index (χ2n) is 6.57. The molecule has 0 unspecified atom stereocenters. The highest BCUT2D eigenvalue weighted by Gasteiger charge is 2.05. The topological polar surface area (TPSA) is 76.9 Å². The van der Waals surface area contributed by atoms with Gasteiger partial charge in [0.25, 0.3) is 0 Å². The first-order valence-electron chi connectivity index (χ1n) is 9.27. The fraction of sp³-hybridized carbons (Fsp3) is 0.136. The van der Waals surface area contributed by atoms with E-state index in [0.29, 0.717) is 12.5 Å². The van der Waals surface area contributed by atoms with Crippen molar-refractivity contribution >= 4 is 17.5 Å². The maximum atomic E-state index is 5.26. The van der Waals surface area contributed by atoms with Crippen LogP contribution < -0.4 is 15.4 Å². The minimum Gasteiger partial charge on any atom is -0.497 e. The maximum absolute atomic E-state index is 5.26. The Morgan fingerprint density at radius 3 is 2.66 bits per heavy atom. The Hall–Kier alpha value is -3.87. The molecule has 2 heterocycles. The summed E-state index contributed by atoms with van der Waals surface area (Å²) >= 11 is 0. The van der Waals surface area contributed by atoms with Crippen LogP contribution in [-0.2, 0) is 6.54 Å². The predicted octanol–water partition coefficient (Wildman–Crippen LogP) is 4.34. The number of ether oxygens (including phenoxy) is 1. The number of anilines is 3. The van der Waals surface area contributed by atoms with Crippen molar-refractivity contribution in [3.63, 3.8) is 0 Å². The molecule has 4 aromatic rings. The van der Waals surface area contributed by atoms with Crippen molar-refractivity contribution in [1.29, 1.82) is 0 Å². The minimum atomic E-state index is 0.538. The van der Waals surface area contributed by atoms with E-state index in [2.05, 4.69) is 49.9 Å². The summed E-state index contributed by atoms with van der Waals surface area (Å²) in [4.78, 5) is 13.1. The van der Waals surface area contributed by atoms with E-state index in [4.69, 9.17) is 4.74 Å². The normalized spacial score (nSPS) is 10.6. The zero-order chi connectivity index (χ0) is 20.1. The molecule has 7 heteroatoms. The second-order valence-corrected chi connectivity index (χ2v) is 6.57. The number of hydrogen-bond acceptors (Lipinski definition) is 6. The molecule has 4 rings (SSSR count). The SMILES string of the molecule is COc1cccc(Nc2nc(C)cc(NCc3ccc(-n4ccnc4)cc3)n2)c1. The first kappa shape index (κ1) is 18.5. The highest BCUT2D eigenvalue weighted by Crippen LogP contribution is 2.21. The van der Waals surface area contributed by atoms with Crippen LogP contribution in [0.15, 0.2) is 73.3 Å². The van der Waals surface area contributed by atoms with Gasteiger partial charge in [0.1, 0.15) is 11.6 Å². The van der Waals surface area contributed by atoms with Gasteiger partial charge in [-0.2, -0.15) is 4.98 Å². The van der Waals surface area contributed by atoms with Crippen LogP contribution in [0.4, 0.5) is 17.5 Å². The number of hydrogen-bond donors (Lipinski definition) is 2. The van der Waals surface area contributed by atoms with E-state index in [-0.39, 0.29) is 0 Å². The predicted molar refractivity (Wildman–Crippen MR) is 114 cm³/mol. The van der Waals surface area contributed by atoms with Crippen molar-refractivity contribution < 1.29 is 4.74 Å². The fourth-order valence-corrected chi connectivity index (χ4v) is 2.94. The first-order valence-corrected chi connectivity index (χ1v) is 9.27. The van der Waals surface area contributed by atoms with Gasteiger partial charge < -0.3 is 19.9 Å². The van der Waals surface area contributed by atoms with Gasteiger partial charge in [-0.1, -0.05) is 18.2 Å². The lowest BCUT2D eigenvalue weighted by molar-refractivity contribution is 0.415. The number of nitrogens with zero attached hydrogens (tertiary/aromatic N) is 4. The van der Waals surface area contributed by atoms with Crippen LogP contribution in [0.25, 0.3) is 5.69 Å². The van der Waals surface area contributed by atoms with E-state index in [9.17, 15) is 0 Å². The molecule has 7 nitrogen and oxygen atoms in total. The Morgan fingerprint density at radius 2 is 1.90 bits per heavy atom. The van der Waals surface area contributed by atoms with E-state index >= 15 is 0 Å². The Morgan fingerprint density at radius 1 is 1.03 bits per heavy atom. The minimum absolute atomic E-state index is 0.538. The zero-order valence-electron chi connectivity index (χ0n) is 16.3. The molecule has 0 saturated heterocycles. The van der Waals surface area contributed by atoms with E-state index in [0.717, 1.165) is 34.2 Å². The average molecular weight is 386 g/mol. The van der Waals surface area contributed by atoms with Crippen molar-refractivity contribution in [3.05, 3.63) is 84.6 Å². The third-order valence-corrected chi connectivity index (χ3v) is 4.39. The lowest BCUT2D eigenvalue weighted by Gasteiger charge is -2.11. The van der Waals surface area contributed by atoms with Gasteiger partial charge in [0.15, 0.2) is 0 Å². The summed E-state index contributed by atoms with van der Waals surface area (Å²) in [5, 5.41) is 6.60. The van der Waals surface area contributed by atoms with Crippen LogP contribution in [0.2, 0.25) is 0 Å². The highest BCUT2D eigenvalue weighted by atomic mass is 16.5. The molecule has 0 spiro atoms. The monoisotopic (exact) mass is 386 g/mol. The van der Waals surface area contributed by atoms with Crippen molar-refractivity contribution in [2.45, 2.75) is 13.5 Å². The number of aromatic nitrogens is 4. The third kappa shape index (κ3) is 4.70. The lowest BCUT2D eigenvalue weighted by Crippen LogP contribution is -2.06. The molecular weight excluding hydrogens is 364 g/mol. The highest BCUT2D eigenvalue weighted by molar-refractivity contribution is 5.57. The van der Waals surface area contributed by atoms with Crippen molar-refractivity contribution in [1.82, 2.24) is 19.5 Å². The van der Waals surface area contributed by atoms with E-state index in [1.807, 2.05) is 48.0 Å². The summed E-state index contributed by atoms with van der Waals surface area (Å²) in [5.74, 6) is 2.08. The number of nitrogens with one attached hydrogen (secondary N) is 2. The van der Waals surface area contributed by atoms with Gasteiger partial charge in [-0.3, -0.25) is 0 Å².